The Hall–Kier alpha value is -3.86. The molecule has 0 aromatic heterocycles. The van der Waals surface area contributed by atoms with Gasteiger partial charge in [0.25, 0.3) is 5.91 Å². The number of carbonyl (C=O) groups is 3. The summed E-state index contributed by atoms with van der Waals surface area (Å²) in [5.41, 5.74) is 1.09. The number of nitriles is 1. The van der Waals surface area contributed by atoms with E-state index in [1.807, 2.05) is 6.07 Å². The molecule has 0 saturated carbocycles. The highest BCUT2D eigenvalue weighted by Crippen LogP contribution is 2.16. The molecule has 8 nitrogen and oxygen atoms in total. The SMILES string of the molecule is CCOC(=O)c1ccc(NC(=O)COC(=O)COc2ccccc2C#N)cc1. The maximum atomic E-state index is 11.8. The normalized spacial score (nSPS) is 9.71. The maximum absolute atomic E-state index is 11.8. The summed E-state index contributed by atoms with van der Waals surface area (Å²) in [4.78, 5) is 35.1. The van der Waals surface area contributed by atoms with E-state index in [4.69, 9.17) is 19.5 Å². The first kappa shape index (κ1) is 20.5. The molecule has 0 aliphatic rings. The molecular formula is C20H18N2O6. The molecule has 8 heteroatoms. The summed E-state index contributed by atoms with van der Waals surface area (Å²) in [6.45, 7) is 1.05. The Morgan fingerprint density at radius 2 is 1.71 bits per heavy atom. The van der Waals surface area contributed by atoms with Crippen molar-refractivity contribution in [1.82, 2.24) is 0 Å². The number of carbonyl (C=O) groups excluding carboxylic acids is 3. The highest BCUT2D eigenvalue weighted by molar-refractivity contribution is 5.94. The fourth-order valence-corrected chi connectivity index (χ4v) is 2.11. The summed E-state index contributed by atoms with van der Waals surface area (Å²) in [6, 6.07) is 14.5. The molecule has 144 valence electrons. The number of esters is 2. The van der Waals surface area contributed by atoms with Crippen molar-refractivity contribution in [2.75, 3.05) is 25.1 Å². The van der Waals surface area contributed by atoms with E-state index < -0.39 is 31.1 Å². The molecule has 0 atom stereocenters. The molecule has 0 saturated heterocycles. The molecule has 2 aromatic carbocycles. The monoisotopic (exact) mass is 382 g/mol. The van der Waals surface area contributed by atoms with E-state index in [0.717, 1.165) is 0 Å². The number of hydrogen-bond acceptors (Lipinski definition) is 7. The number of benzene rings is 2. The third-order valence-corrected chi connectivity index (χ3v) is 3.40. The van der Waals surface area contributed by atoms with Crippen LogP contribution in [0.5, 0.6) is 5.75 Å². The minimum atomic E-state index is -0.749. The minimum absolute atomic E-state index is 0.257. The van der Waals surface area contributed by atoms with E-state index in [1.165, 1.54) is 24.3 Å². The Labute approximate surface area is 161 Å². The van der Waals surface area contributed by atoms with Crippen LogP contribution >= 0.6 is 0 Å². The molecule has 0 aliphatic heterocycles. The summed E-state index contributed by atoms with van der Waals surface area (Å²) in [6.07, 6.45) is 0. The van der Waals surface area contributed by atoms with Crippen LogP contribution in [0.15, 0.2) is 48.5 Å². The van der Waals surface area contributed by atoms with Gasteiger partial charge < -0.3 is 19.5 Å². The van der Waals surface area contributed by atoms with Gasteiger partial charge in [-0.25, -0.2) is 9.59 Å². The average molecular weight is 382 g/mol. The molecule has 1 N–H and O–H groups in total. The van der Waals surface area contributed by atoms with Crippen molar-refractivity contribution in [2.24, 2.45) is 0 Å². The van der Waals surface area contributed by atoms with E-state index in [-0.39, 0.29) is 12.4 Å². The van der Waals surface area contributed by atoms with Crippen LogP contribution in [0.1, 0.15) is 22.8 Å². The third kappa shape index (κ3) is 6.14. The number of hydrogen-bond donors (Lipinski definition) is 1. The van der Waals surface area contributed by atoms with Gasteiger partial charge in [0.1, 0.15) is 11.8 Å². The minimum Gasteiger partial charge on any atom is -0.481 e. The van der Waals surface area contributed by atoms with Crippen LogP contribution < -0.4 is 10.1 Å². The van der Waals surface area contributed by atoms with Crippen molar-refractivity contribution in [2.45, 2.75) is 6.92 Å². The van der Waals surface area contributed by atoms with Crippen molar-refractivity contribution in [3.8, 4) is 11.8 Å². The quantitative estimate of drug-likeness (QED) is 0.697. The lowest BCUT2D eigenvalue weighted by Crippen LogP contribution is -2.23. The third-order valence-electron chi connectivity index (χ3n) is 3.40. The molecule has 2 rings (SSSR count). The Kier molecular flexibility index (Phi) is 7.54. The Balaban J connectivity index is 1.76. The summed E-state index contributed by atoms with van der Waals surface area (Å²) in [7, 11) is 0. The van der Waals surface area contributed by atoms with Gasteiger partial charge in [0.2, 0.25) is 0 Å². The summed E-state index contributed by atoms with van der Waals surface area (Å²) >= 11 is 0. The smallest absolute Gasteiger partial charge is 0.344 e. The lowest BCUT2D eigenvalue weighted by molar-refractivity contribution is -0.149. The first-order valence-electron chi connectivity index (χ1n) is 8.38. The van der Waals surface area contributed by atoms with Gasteiger partial charge in [0.05, 0.1) is 17.7 Å². The topological polar surface area (TPSA) is 115 Å². The van der Waals surface area contributed by atoms with E-state index >= 15 is 0 Å². The van der Waals surface area contributed by atoms with Crippen molar-refractivity contribution in [1.29, 1.82) is 5.26 Å². The molecule has 28 heavy (non-hydrogen) atoms. The Bertz CT molecular complexity index is 886. The number of para-hydroxylation sites is 1. The van der Waals surface area contributed by atoms with Crippen LogP contribution in [0.3, 0.4) is 0 Å². The Morgan fingerprint density at radius 1 is 1.00 bits per heavy atom. The number of rotatable bonds is 8. The summed E-state index contributed by atoms with van der Waals surface area (Å²) in [5.74, 6) is -1.49. The van der Waals surface area contributed by atoms with Gasteiger partial charge >= 0.3 is 11.9 Å². The summed E-state index contributed by atoms with van der Waals surface area (Å²) < 4.78 is 14.9. The molecule has 0 heterocycles. The highest BCUT2D eigenvalue weighted by atomic mass is 16.6. The van der Waals surface area contributed by atoms with E-state index in [9.17, 15) is 14.4 Å². The van der Waals surface area contributed by atoms with Crippen LogP contribution in [0.4, 0.5) is 5.69 Å². The second kappa shape index (κ2) is 10.3. The van der Waals surface area contributed by atoms with Crippen LogP contribution in [0.2, 0.25) is 0 Å². The highest BCUT2D eigenvalue weighted by Gasteiger charge is 2.11. The van der Waals surface area contributed by atoms with Crippen molar-refractivity contribution in [3.63, 3.8) is 0 Å². The lowest BCUT2D eigenvalue weighted by atomic mass is 10.2. The summed E-state index contributed by atoms with van der Waals surface area (Å²) in [5, 5.41) is 11.5. The molecule has 1 amide bonds. The van der Waals surface area contributed by atoms with E-state index in [0.29, 0.717) is 16.8 Å². The average Bonchev–Trinajstić information content (AvgIpc) is 2.71. The fraction of sp³-hybridized carbons (Fsp3) is 0.200. The zero-order valence-electron chi connectivity index (χ0n) is 15.1. The van der Waals surface area contributed by atoms with Crippen LogP contribution in [-0.2, 0) is 19.1 Å². The first-order valence-corrected chi connectivity index (χ1v) is 8.38. The van der Waals surface area contributed by atoms with Gasteiger partial charge in [-0.1, -0.05) is 12.1 Å². The van der Waals surface area contributed by atoms with E-state index in [2.05, 4.69) is 5.32 Å². The van der Waals surface area contributed by atoms with Crippen molar-refractivity contribution >= 4 is 23.5 Å². The molecule has 0 unspecified atom stereocenters. The lowest BCUT2D eigenvalue weighted by Gasteiger charge is -2.09. The predicted molar refractivity (Wildman–Crippen MR) is 98.6 cm³/mol. The Morgan fingerprint density at radius 3 is 2.39 bits per heavy atom. The van der Waals surface area contributed by atoms with Gasteiger partial charge in [-0.05, 0) is 43.3 Å². The fourth-order valence-electron chi connectivity index (χ4n) is 2.11. The molecule has 0 aliphatic carbocycles. The second-order valence-electron chi connectivity index (χ2n) is 5.40. The number of nitrogens with zero attached hydrogens (tertiary/aromatic N) is 1. The van der Waals surface area contributed by atoms with Gasteiger partial charge in [0, 0.05) is 5.69 Å². The molecule has 2 aromatic rings. The first-order chi connectivity index (χ1) is 13.5. The number of ether oxygens (including phenoxy) is 3. The standard InChI is InChI=1S/C20H18N2O6/c1-2-26-20(25)14-7-9-16(10-8-14)22-18(23)12-28-19(24)13-27-17-6-4-3-5-15(17)11-21/h3-10H,2,12-13H2,1H3,(H,22,23). The maximum Gasteiger partial charge on any atom is 0.344 e. The zero-order valence-corrected chi connectivity index (χ0v) is 15.1. The molecule has 0 spiro atoms. The zero-order chi connectivity index (χ0) is 20.4. The van der Waals surface area contributed by atoms with Crippen molar-refractivity contribution < 1.29 is 28.6 Å². The number of nitrogens with one attached hydrogen (secondary N) is 1. The van der Waals surface area contributed by atoms with E-state index in [1.54, 1.807) is 31.2 Å². The van der Waals surface area contributed by atoms with Gasteiger partial charge in [0.15, 0.2) is 13.2 Å². The molecule has 0 bridgehead atoms. The predicted octanol–water partition coefficient (Wildman–Crippen LogP) is 2.30. The molecular weight excluding hydrogens is 364 g/mol. The largest absolute Gasteiger partial charge is 0.481 e. The van der Waals surface area contributed by atoms with Crippen LogP contribution in [0, 0.1) is 11.3 Å². The van der Waals surface area contributed by atoms with Crippen LogP contribution in [-0.4, -0.2) is 37.7 Å². The van der Waals surface area contributed by atoms with Gasteiger partial charge in [-0.2, -0.15) is 5.26 Å². The molecule has 0 radical (unpaired) electrons. The van der Waals surface area contributed by atoms with Gasteiger partial charge in [-0.15, -0.1) is 0 Å². The van der Waals surface area contributed by atoms with Crippen molar-refractivity contribution in [3.05, 3.63) is 59.7 Å². The second-order valence-corrected chi connectivity index (χ2v) is 5.40. The van der Waals surface area contributed by atoms with Gasteiger partial charge in [-0.3, -0.25) is 4.79 Å². The molecule has 0 fully saturated rings. The van der Waals surface area contributed by atoms with Crippen LogP contribution in [0.25, 0.3) is 0 Å². The number of anilines is 1. The number of amides is 1.